The molecule has 20 heavy (non-hydrogen) atoms. The van der Waals surface area contributed by atoms with Crippen molar-refractivity contribution in [2.75, 3.05) is 5.32 Å². The van der Waals surface area contributed by atoms with Crippen LogP contribution in [0.5, 0.6) is 0 Å². The number of aromatic nitrogens is 2. The molecule has 0 unspecified atom stereocenters. The van der Waals surface area contributed by atoms with E-state index >= 15 is 0 Å². The van der Waals surface area contributed by atoms with Gasteiger partial charge in [0, 0.05) is 6.04 Å². The Labute approximate surface area is 118 Å². The molecule has 1 aliphatic rings. The summed E-state index contributed by atoms with van der Waals surface area (Å²) in [6, 6.07) is 9.86. The minimum atomic E-state index is -0.169. The van der Waals surface area contributed by atoms with Gasteiger partial charge in [0.05, 0.1) is 23.8 Å². The highest BCUT2D eigenvalue weighted by Crippen LogP contribution is 2.32. The zero-order valence-electron chi connectivity index (χ0n) is 11.4. The quantitative estimate of drug-likeness (QED) is 0.897. The number of urea groups is 1. The van der Waals surface area contributed by atoms with Crippen molar-refractivity contribution in [3.63, 3.8) is 0 Å². The van der Waals surface area contributed by atoms with E-state index in [0.717, 1.165) is 5.69 Å². The van der Waals surface area contributed by atoms with Crippen molar-refractivity contribution in [3.8, 4) is 5.69 Å². The molecule has 0 saturated heterocycles. The lowest BCUT2D eigenvalue weighted by molar-refractivity contribution is 0.248. The molecule has 0 spiro atoms. The van der Waals surface area contributed by atoms with Gasteiger partial charge in [-0.3, -0.25) is 0 Å². The molecule has 1 fully saturated rings. The Morgan fingerprint density at radius 3 is 2.80 bits per heavy atom. The van der Waals surface area contributed by atoms with Gasteiger partial charge >= 0.3 is 6.03 Å². The summed E-state index contributed by atoms with van der Waals surface area (Å²) < 4.78 is 1.74. The summed E-state index contributed by atoms with van der Waals surface area (Å²) >= 11 is 0. The SMILES string of the molecule is C[C@H](NC(=O)Nc1cnn(-c2ccccc2)c1)C1CC1. The average molecular weight is 270 g/mol. The van der Waals surface area contributed by atoms with Crippen LogP contribution in [0.4, 0.5) is 10.5 Å². The molecule has 1 aromatic carbocycles. The number of anilines is 1. The minimum absolute atomic E-state index is 0.169. The van der Waals surface area contributed by atoms with Crippen molar-refractivity contribution in [2.24, 2.45) is 5.92 Å². The van der Waals surface area contributed by atoms with Crippen LogP contribution in [0, 0.1) is 5.92 Å². The summed E-state index contributed by atoms with van der Waals surface area (Å²) in [5.74, 6) is 0.646. The molecule has 1 aromatic heterocycles. The molecule has 1 aliphatic carbocycles. The first-order valence-corrected chi connectivity index (χ1v) is 6.90. The molecule has 1 heterocycles. The van der Waals surface area contributed by atoms with Crippen LogP contribution in [0.1, 0.15) is 19.8 Å². The number of carbonyl (C=O) groups excluding carboxylic acids is 1. The van der Waals surface area contributed by atoms with E-state index in [4.69, 9.17) is 0 Å². The Balaban J connectivity index is 1.61. The zero-order valence-corrected chi connectivity index (χ0v) is 11.4. The monoisotopic (exact) mass is 270 g/mol. The van der Waals surface area contributed by atoms with Crippen LogP contribution in [0.25, 0.3) is 5.69 Å². The van der Waals surface area contributed by atoms with Crippen molar-refractivity contribution >= 4 is 11.7 Å². The lowest BCUT2D eigenvalue weighted by Crippen LogP contribution is -2.37. The van der Waals surface area contributed by atoms with Crippen LogP contribution in [-0.4, -0.2) is 21.9 Å². The highest BCUT2D eigenvalue weighted by atomic mass is 16.2. The molecule has 2 amide bonds. The van der Waals surface area contributed by atoms with Crippen LogP contribution in [0.3, 0.4) is 0 Å². The molecule has 5 heteroatoms. The van der Waals surface area contributed by atoms with E-state index in [1.807, 2.05) is 37.3 Å². The first-order valence-electron chi connectivity index (χ1n) is 6.90. The second kappa shape index (κ2) is 5.36. The van der Waals surface area contributed by atoms with E-state index in [1.54, 1.807) is 17.1 Å². The van der Waals surface area contributed by atoms with Crippen LogP contribution >= 0.6 is 0 Å². The van der Waals surface area contributed by atoms with Crippen LogP contribution < -0.4 is 10.6 Å². The molecule has 0 bridgehead atoms. The van der Waals surface area contributed by atoms with Crippen molar-refractivity contribution in [2.45, 2.75) is 25.8 Å². The maximum absolute atomic E-state index is 11.8. The van der Waals surface area contributed by atoms with Crippen molar-refractivity contribution in [1.82, 2.24) is 15.1 Å². The topological polar surface area (TPSA) is 59.0 Å². The van der Waals surface area contributed by atoms with Crippen LogP contribution in [-0.2, 0) is 0 Å². The van der Waals surface area contributed by atoms with Gasteiger partial charge < -0.3 is 10.6 Å². The number of carbonyl (C=O) groups is 1. The number of para-hydroxylation sites is 1. The highest BCUT2D eigenvalue weighted by Gasteiger charge is 2.28. The number of nitrogens with zero attached hydrogens (tertiary/aromatic N) is 2. The van der Waals surface area contributed by atoms with E-state index < -0.39 is 0 Å². The maximum atomic E-state index is 11.8. The number of nitrogens with one attached hydrogen (secondary N) is 2. The van der Waals surface area contributed by atoms with Crippen molar-refractivity contribution < 1.29 is 4.79 Å². The fourth-order valence-electron chi connectivity index (χ4n) is 2.20. The summed E-state index contributed by atoms with van der Waals surface area (Å²) in [6.07, 6.45) is 5.88. The summed E-state index contributed by atoms with van der Waals surface area (Å²) in [7, 11) is 0. The minimum Gasteiger partial charge on any atom is -0.335 e. The molecule has 0 aliphatic heterocycles. The Kier molecular flexibility index (Phi) is 3.41. The fraction of sp³-hybridized carbons (Fsp3) is 0.333. The summed E-state index contributed by atoms with van der Waals surface area (Å²) in [6.45, 7) is 2.05. The number of hydrogen-bond donors (Lipinski definition) is 2. The van der Waals surface area contributed by atoms with Crippen LogP contribution in [0.2, 0.25) is 0 Å². The second-order valence-corrected chi connectivity index (χ2v) is 5.23. The molecular formula is C15H18N4O. The van der Waals surface area contributed by atoms with Gasteiger partial charge in [0.15, 0.2) is 0 Å². The van der Waals surface area contributed by atoms with Crippen molar-refractivity contribution in [1.29, 1.82) is 0 Å². The molecule has 104 valence electrons. The summed E-state index contributed by atoms with van der Waals surface area (Å²) in [4.78, 5) is 11.8. The van der Waals surface area contributed by atoms with E-state index in [-0.39, 0.29) is 12.1 Å². The Bertz CT molecular complexity index is 589. The Morgan fingerprint density at radius 1 is 1.35 bits per heavy atom. The predicted molar refractivity (Wildman–Crippen MR) is 77.9 cm³/mol. The van der Waals surface area contributed by atoms with Gasteiger partial charge in [-0.1, -0.05) is 18.2 Å². The van der Waals surface area contributed by atoms with Gasteiger partial charge in [-0.05, 0) is 37.8 Å². The average Bonchev–Trinajstić information content (AvgIpc) is 3.21. The largest absolute Gasteiger partial charge is 0.335 e. The van der Waals surface area contributed by atoms with E-state index in [0.29, 0.717) is 11.6 Å². The zero-order chi connectivity index (χ0) is 13.9. The molecule has 5 nitrogen and oxygen atoms in total. The standard InChI is InChI=1S/C15H18N4O/c1-11(12-7-8-12)17-15(20)18-13-9-16-19(10-13)14-5-3-2-4-6-14/h2-6,9-12H,7-8H2,1H3,(H2,17,18,20)/t11-/m0/s1. The predicted octanol–water partition coefficient (Wildman–Crippen LogP) is 2.79. The third-order valence-electron chi connectivity index (χ3n) is 3.55. The van der Waals surface area contributed by atoms with Gasteiger partial charge in [0.1, 0.15) is 0 Å². The molecule has 3 rings (SSSR count). The molecular weight excluding hydrogens is 252 g/mol. The van der Waals surface area contributed by atoms with E-state index in [9.17, 15) is 4.79 Å². The van der Waals surface area contributed by atoms with Gasteiger partial charge in [-0.15, -0.1) is 0 Å². The first-order chi connectivity index (χ1) is 9.72. The highest BCUT2D eigenvalue weighted by molar-refractivity contribution is 5.89. The summed E-state index contributed by atoms with van der Waals surface area (Å²) in [5.41, 5.74) is 1.65. The van der Waals surface area contributed by atoms with E-state index in [1.165, 1.54) is 12.8 Å². The first kappa shape index (κ1) is 12.7. The molecule has 2 N–H and O–H groups in total. The lowest BCUT2D eigenvalue weighted by atomic mass is 10.2. The number of amides is 2. The number of hydrogen-bond acceptors (Lipinski definition) is 2. The smallest absolute Gasteiger partial charge is 0.319 e. The van der Waals surface area contributed by atoms with Crippen molar-refractivity contribution in [3.05, 3.63) is 42.7 Å². The molecule has 1 saturated carbocycles. The molecule has 0 radical (unpaired) electrons. The fourth-order valence-corrected chi connectivity index (χ4v) is 2.20. The lowest BCUT2D eigenvalue weighted by Gasteiger charge is -2.12. The Morgan fingerprint density at radius 2 is 2.10 bits per heavy atom. The third-order valence-corrected chi connectivity index (χ3v) is 3.55. The Hall–Kier alpha value is -2.30. The second-order valence-electron chi connectivity index (χ2n) is 5.23. The normalized spacial score (nSPS) is 15.7. The summed E-state index contributed by atoms with van der Waals surface area (Å²) in [5, 5.41) is 10.0. The van der Waals surface area contributed by atoms with E-state index in [2.05, 4.69) is 15.7 Å². The van der Waals surface area contributed by atoms with Gasteiger partial charge in [0.25, 0.3) is 0 Å². The van der Waals surface area contributed by atoms with Gasteiger partial charge in [-0.2, -0.15) is 5.10 Å². The van der Waals surface area contributed by atoms with Gasteiger partial charge in [0.2, 0.25) is 0 Å². The van der Waals surface area contributed by atoms with Crippen LogP contribution in [0.15, 0.2) is 42.7 Å². The number of benzene rings is 1. The third kappa shape index (κ3) is 2.99. The maximum Gasteiger partial charge on any atom is 0.319 e. The molecule has 1 atom stereocenters. The van der Waals surface area contributed by atoms with Gasteiger partial charge in [-0.25, -0.2) is 9.48 Å². The number of rotatable bonds is 4. The molecule has 2 aromatic rings.